The van der Waals surface area contributed by atoms with Crippen LogP contribution < -0.4 is 5.32 Å². The normalized spacial score (nSPS) is 10.7. The molecule has 2 N–H and O–H groups in total. The van der Waals surface area contributed by atoms with E-state index in [2.05, 4.69) is 5.32 Å². The maximum Gasteiger partial charge on any atom is 0.336 e. The summed E-state index contributed by atoms with van der Waals surface area (Å²) in [6, 6.07) is 12.6. The van der Waals surface area contributed by atoms with Crippen molar-refractivity contribution < 1.29 is 19.5 Å². The van der Waals surface area contributed by atoms with Crippen LogP contribution in [0.3, 0.4) is 0 Å². The van der Waals surface area contributed by atoms with E-state index in [1.54, 1.807) is 19.1 Å². The third kappa shape index (κ3) is 5.96. The summed E-state index contributed by atoms with van der Waals surface area (Å²) < 4.78 is 0. The van der Waals surface area contributed by atoms with E-state index < -0.39 is 5.97 Å². The number of rotatable bonds is 8. The van der Waals surface area contributed by atoms with Crippen molar-refractivity contribution in [3.63, 3.8) is 0 Å². The van der Waals surface area contributed by atoms with Gasteiger partial charge >= 0.3 is 5.97 Å². The van der Waals surface area contributed by atoms with Gasteiger partial charge in [-0.2, -0.15) is 0 Å². The molecule has 0 spiro atoms. The van der Waals surface area contributed by atoms with E-state index in [4.69, 9.17) is 0 Å². The van der Waals surface area contributed by atoms with Crippen LogP contribution in [-0.2, 0) is 21.8 Å². The highest BCUT2D eigenvalue weighted by molar-refractivity contribution is 8.13. The van der Waals surface area contributed by atoms with Crippen molar-refractivity contribution in [1.29, 1.82) is 0 Å². The number of aryl methyl sites for hydroxylation is 1. The lowest BCUT2D eigenvalue weighted by Gasteiger charge is -2.12. The molecule has 0 aliphatic carbocycles. The van der Waals surface area contributed by atoms with Crippen molar-refractivity contribution in [1.82, 2.24) is 0 Å². The highest BCUT2D eigenvalue weighted by Crippen LogP contribution is 2.22. The third-order valence-corrected chi connectivity index (χ3v) is 5.63. The summed E-state index contributed by atoms with van der Waals surface area (Å²) in [6.45, 7) is 5.44. The first kappa shape index (κ1) is 21.7. The molecule has 0 saturated heterocycles. The van der Waals surface area contributed by atoms with Gasteiger partial charge in [-0.25, -0.2) is 4.79 Å². The van der Waals surface area contributed by atoms with E-state index >= 15 is 0 Å². The number of hydrogen-bond acceptors (Lipinski definition) is 4. The lowest BCUT2D eigenvalue weighted by molar-refractivity contribution is -0.116. The number of benzene rings is 2. The Hall–Kier alpha value is -2.60. The van der Waals surface area contributed by atoms with Gasteiger partial charge in [0.25, 0.3) is 0 Å². The summed E-state index contributed by atoms with van der Waals surface area (Å²) in [5, 5.41) is 12.1. The summed E-state index contributed by atoms with van der Waals surface area (Å²) in [5.41, 5.74) is 3.31. The fourth-order valence-electron chi connectivity index (χ4n) is 2.72. The number of carboxylic acid groups (broad SMARTS) is 1. The maximum atomic E-state index is 12.4. The van der Waals surface area contributed by atoms with E-state index in [1.807, 2.05) is 38.1 Å². The van der Waals surface area contributed by atoms with Crippen LogP contribution in [0.1, 0.15) is 47.3 Å². The number of amides is 1. The molecule has 0 unspecified atom stereocenters. The van der Waals surface area contributed by atoms with Crippen molar-refractivity contribution in [3.05, 3.63) is 64.7 Å². The fraction of sp³-hybridized carbons (Fsp3) is 0.318. The summed E-state index contributed by atoms with van der Waals surface area (Å²) >= 11 is 1.30. The Morgan fingerprint density at radius 3 is 2.36 bits per heavy atom. The molecule has 0 radical (unpaired) electrons. The van der Waals surface area contributed by atoms with E-state index in [1.165, 1.54) is 17.8 Å². The monoisotopic (exact) mass is 399 g/mol. The predicted octanol–water partition coefficient (Wildman–Crippen LogP) is 4.68. The average molecular weight is 400 g/mol. The minimum absolute atomic E-state index is 0.00672. The van der Waals surface area contributed by atoms with Crippen LogP contribution >= 0.6 is 11.8 Å². The van der Waals surface area contributed by atoms with Gasteiger partial charge < -0.3 is 10.4 Å². The summed E-state index contributed by atoms with van der Waals surface area (Å²) in [7, 11) is 0. The zero-order valence-electron chi connectivity index (χ0n) is 16.3. The predicted molar refractivity (Wildman–Crippen MR) is 113 cm³/mol. The number of carbonyl (C=O) groups is 3. The number of anilines is 1. The summed E-state index contributed by atoms with van der Waals surface area (Å²) in [4.78, 5) is 35.4. The molecule has 28 heavy (non-hydrogen) atoms. The molecule has 0 saturated carbocycles. The van der Waals surface area contributed by atoms with Gasteiger partial charge in [-0.3, -0.25) is 9.59 Å². The lowest BCUT2D eigenvalue weighted by atomic mass is 10.0. The lowest BCUT2D eigenvalue weighted by Crippen LogP contribution is -2.14. The molecule has 0 bridgehead atoms. The number of hydrogen-bond donors (Lipinski definition) is 2. The van der Waals surface area contributed by atoms with Crippen LogP contribution in [0, 0.1) is 12.8 Å². The van der Waals surface area contributed by atoms with Gasteiger partial charge in [0.05, 0.1) is 5.56 Å². The molecule has 0 fully saturated rings. The molecule has 0 aliphatic rings. The molecule has 0 heterocycles. The molecule has 5 nitrogen and oxygen atoms in total. The quantitative estimate of drug-likeness (QED) is 0.673. The van der Waals surface area contributed by atoms with Crippen molar-refractivity contribution >= 4 is 34.4 Å². The minimum Gasteiger partial charge on any atom is -0.478 e. The van der Waals surface area contributed by atoms with E-state index in [0.717, 1.165) is 11.1 Å². The van der Waals surface area contributed by atoms with Crippen molar-refractivity contribution in [3.8, 4) is 0 Å². The Balaban J connectivity index is 1.99. The molecular formula is C22H25NO4S. The first-order chi connectivity index (χ1) is 13.3. The second-order valence-corrected chi connectivity index (χ2v) is 7.84. The number of aromatic carboxylic acids is 1. The smallest absolute Gasteiger partial charge is 0.336 e. The van der Waals surface area contributed by atoms with Gasteiger partial charge in [-0.15, -0.1) is 0 Å². The third-order valence-electron chi connectivity index (χ3n) is 4.42. The molecule has 0 atom stereocenters. The molecule has 2 rings (SSSR count). The molecule has 148 valence electrons. The van der Waals surface area contributed by atoms with Gasteiger partial charge in [-0.05, 0) is 42.2 Å². The van der Waals surface area contributed by atoms with E-state index in [-0.39, 0.29) is 28.9 Å². The molecular weight excluding hydrogens is 374 g/mol. The number of nitrogens with one attached hydrogen (secondary N) is 1. The average Bonchev–Trinajstić information content (AvgIpc) is 2.66. The van der Waals surface area contributed by atoms with Crippen molar-refractivity contribution in [2.75, 3.05) is 5.32 Å². The number of carboxylic acids is 1. The van der Waals surface area contributed by atoms with E-state index in [0.29, 0.717) is 23.4 Å². The molecule has 1 amide bonds. The zero-order valence-corrected chi connectivity index (χ0v) is 17.1. The van der Waals surface area contributed by atoms with Gasteiger partial charge in [0.15, 0.2) is 5.12 Å². The van der Waals surface area contributed by atoms with Gasteiger partial charge in [0.1, 0.15) is 0 Å². The van der Waals surface area contributed by atoms with Crippen LogP contribution in [0.2, 0.25) is 0 Å². The Kier molecular flexibility index (Phi) is 7.81. The Bertz CT molecular complexity index is 877. The molecule has 2 aromatic rings. The standard InChI is InChI=1S/C22H25NO4S/c1-14(2)22(27)28-13-17-8-5-4-7-16(17)11-12-20(24)23-19-10-6-9-18(15(19)3)21(25)26/h4-10,14H,11-13H2,1-3H3,(H,23,24)(H,25,26). The maximum absolute atomic E-state index is 12.4. The first-order valence-corrected chi connectivity index (χ1v) is 10.1. The van der Waals surface area contributed by atoms with Crippen LogP contribution in [0.5, 0.6) is 0 Å². The Morgan fingerprint density at radius 1 is 1.04 bits per heavy atom. The van der Waals surface area contributed by atoms with Gasteiger partial charge in [0, 0.05) is 23.8 Å². The second kappa shape index (κ2) is 10.1. The van der Waals surface area contributed by atoms with Crippen LogP contribution in [0.4, 0.5) is 5.69 Å². The molecule has 0 aliphatic heterocycles. The number of thioether (sulfide) groups is 1. The highest BCUT2D eigenvalue weighted by Gasteiger charge is 2.13. The Morgan fingerprint density at radius 2 is 1.71 bits per heavy atom. The SMILES string of the molecule is Cc1c(NC(=O)CCc2ccccc2CSC(=O)C(C)C)cccc1C(=O)O. The van der Waals surface area contributed by atoms with Crippen molar-refractivity contribution in [2.24, 2.45) is 5.92 Å². The minimum atomic E-state index is -1.02. The number of carbonyl (C=O) groups excluding carboxylic acids is 2. The van der Waals surface area contributed by atoms with Gasteiger partial charge in [0.2, 0.25) is 5.91 Å². The fourth-order valence-corrected chi connectivity index (χ4v) is 3.63. The molecule has 0 aromatic heterocycles. The van der Waals surface area contributed by atoms with Crippen LogP contribution in [0.15, 0.2) is 42.5 Å². The zero-order chi connectivity index (χ0) is 20.7. The summed E-state index contributed by atoms with van der Waals surface area (Å²) in [5.74, 6) is -0.607. The van der Waals surface area contributed by atoms with Crippen LogP contribution in [-0.4, -0.2) is 22.1 Å². The topological polar surface area (TPSA) is 83.5 Å². The van der Waals surface area contributed by atoms with Gasteiger partial charge in [-0.1, -0.05) is 55.9 Å². The highest BCUT2D eigenvalue weighted by atomic mass is 32.2. The van der Waals surface area contributed by atoms with Crippen molar-refractivity contribution in [2.45, 2.75) is 39.4 Å². The largest absolute Gasteiger partial charge is 0.478 e. The molecule has 6 heteroatoms. The van der Waals surface area contributed by atoms with Crippen LogP contribution in [0.25, 0.3) is 0 Å². The first-order valence-electron chi connectivity index (χ1n) is 9.15. The Labute approximate surface area is 169 Å². The van der Waals surface area contributed by atoms with E-state index in [9.17, 15) is 19.5 Å². The second-order valence-electron chi connectivity index (χ2n) is 6.86. The summed E-state index contributed by atoms with van der Waals surface area (Å²) in [6.07, 6.45) is 0.826. The molecule has 2 aromatic carbocycles.